The maximum atomic E-state index is 8.99. The Balaban J connectivity index is 1.91. The number of nitrogens with one attached hydrogen (secondary N) is 1. The van der Waals surface area contributed by atoms with E-state index in [0.717, 1.165) is 23.9 Å². The molecule has 4 N–H and O–H groups in total. The van der Waals surface area contributed by atoms with Crippen LogP contribution >= 0.6 is 0 Å². The summed E-state index contributed by atoms with van der Waals surface area (Å²) < 4.78 is 0. The zero-order valence-corrected chi connectivity index (χ0v) is 12.8. The fourth-order valence-electron chi connectivity index (χ4n) is 3.26. The summed E-state index contributed by atoms with van der Waals surface area (Å²) in [6.07, 6.45) is 5.37. The first-order chi connectivity index (χ1) is 10.2. The monoisotopic (exact) mass is 289 g/mol. The van der Waals surface area contributed by atoms with E-state index in [1.165, 1.54) is 25.7 Å². The summed E-state index contributed by atoms with van der Waals surface area (Å²) in [5, 5.41) is 15.7. The lowest BCUT2D eigenvalue weighted by atomic mass is 9.80. The second-order valence-electron chi connectivity index (χ2n) is 6.17. The Morgan fingerprint density at radius 3 is 2.71 bits per heavy atom. The lowest BCUT2D eigenvalue weighted by molar-refractivity contribution is 0.248. The first kappa shape index (κ1) is 15.8. The normalized spacial score (nSPS) is 24.7. The number of oxime groups is 1. The van der Waals surface area contributed by atoms with Gasteiger partial charge in [0.25, 0.3) is 0 Å². The van der Waals surface area contributed by atoms with Crippen LogP contribution in [0.2, 0.25) is 0 Å². The molecule has 3 atom stereocenters. The van der Waals surface area contributed by atoms with Crippen LogP contribution in [-0.2, 0) is 0 Å². The van der Waals surface area contributed by atoms with Crippen molar-refractivity contribution in [2.24, 2.45) is 22.7 Å². The molecule has 0 aromatic heterocycles. The predicted octanol–water partition coefficient (Wildman–Crippen LogP) is 2.93. The molecule has 4 heteroatoms. The fourth-order valence-corrected chi connectivity index (χ4v) is 3.26. The number of benzene rings is 1. The Bertz CT molecular complexity index is 447. The van der Waals surface area contributed by atoms with Gasteiger partial charge in [-0.1, -0.05) is 61.7 Å². The van der Waals surface area contributed by atoms with Crippen LogP contribution in [0, 0.1) is 11.8 Å². The van der Waals surface area contributed by atoms with E-state index in [0.29, 0.717) is 6.54 Å². The molecule has 2 rings (SSSR count). The van der Waals surface area contributed by atoms with Gasteiger partial charge in [0, 0.05) is 6.54 Å². The van der Waals surface area contributed by atoms with Crippen LogP contribution in [0.25, 0.3) is 0 Å². The highest BCUT2D eigenvalue weighted by molar-refractivity contribution is 5.87. The summed E-state index contributed by atoms with van der Waals surface area (Å²) >= 11 is 0. The minimum atomic E-state index is -0.0740. The van der Waals surface area contributed by atoms with Gasteiger partial charge in [0.2, 0.25) is 0 Å². The molecule has 0 aliphatic heterocycles. The molecule has 1 aromatic carbocycles. The molecular weight excluding hydrogens is 262 g/mol. The van der Waals surface area contributed by atoms with Gasteiger partial charge in [0.1, 0.15) is 5.84 Å². The molecule has 0 radical (unpaired) electrons. The summed E-state index contributed by atoms with van der Waals surface area (Å²) in [5.41, 5.74) is 6.94. The van der Waals surface area contributed by atoms with Crippen molar-refractivity contribution in [3.63, 3.8) is 0 Å². The molecular formula is C17H27N3O. The molecule has 3 unspecified atom stereocenters. The van der Waals surface area contributed by atoms with Crippen LogP contribution in [0.5, 0.6) is 0 Å². The first-order valence-electron chi connectivity index (χ1n) is 7.95. The van der Waals surface area contributed by atoms with Gasteiger partial charge in [-0.3, -0.25) is 0 Å². The van der Waals surface area contributed by atoms with E-state index in [1.807, 2.05) is 30.3 Å². The van der Waals surface area contributed by atoms with Gasteiger partial charge in [-0.15, -0.1) is 0 Å². The smallest absolute Gasteiger partial charge is 0.147 e. The highest BCUT2D eigenvalue weighted by Gasteiger charge is 2.22. The Morgan fingerprint density at radius 2 is 2.05 bits per heavy atom. The standard InChI is InChI=1S/C17H27N3O/c1-13-7-5-6-10-15(13)11-19-12-16(17(18)20-21)14-8-3-2-4-9-14/h2-4,8-9,13,15-16,19,21H,5-7,10-12H2,1H3,(H2,18,20). The Labute approximate surface area is 127 Å². The number of nitrogens with zero attached hydrogens (tertiary/aromatic N) is 1. The third-order valence-corrected chi connectivity index (χ3v) is 4.72. The van der Waals surface area contributed by atoms with Gasteiger partial charge in [0.05, 0.1) is 5.92 Å². The topological polar surface area (TPSA) is 70.6 Å². The molecule has 21 heavy (non-hydrogen) atoms. The third kappa shape index (κ3) is 4.46. The molecule has 1 aliphatic rings. The summed E-state index contributed by atoms with van der Waals surface area (Å²) in [4.78, 5) is 0. The van der Waals surface area contributed by atoms with Crippen molar-refractivity contribution >= 4 is 5.84 Å². The lowest BCUT2D eigenvalue weighted by Crippen LogP contribution is -2.36. The SMILES string of the molecule is CC1CCCCC1CNCC(C(N)=NO)c1ccccc1. The summed E-state index contributed by atoms with van der Waals surface area (Å²) in [6, 6.07) is 9.98. The predicted molar refractivity (Wildman–Crippen MR) is 86.6 cm³/mol. The van der Waals surface area contributed by atoms with Crippen molar-refractivity contribution in [1.29, 1.82) is 0 Å². The van der Waals surface area contributed by atoms with Crippen LogP contribution < -0.4 is 11.1 Å². The quantitative estimate of drug-likeness (QED) is 0.326. The minimum absolute atomic E-state index is 0.0740. The van der Waals surface area contributed by atoms with Crippen molar-refractivity contribution in [1.82, 2.24) is 5.32 Å². The van der Waals surface area contributed by atoms with Gasteiger partial charge in [0.15, 0.2) is 0 Å². The van der Waals surface area contributed by atoms with Crippen molar-refractivity contribution in [3.05, 3.63) is 35.9 Å². The number of rotatable bonds is 6. The maximum absolute atomic E-state index is 8.99. The minimum Gasteiger partial charge on any atom is -0.409 e. The number of hydrogen-bond acceptors (Lipinski definition) is 3. The molecule has 0 saturated heterocycles. The third-order valence-electron chi connectivity index (χ3n) is 4.72. The molecule has 0 amide bonds. The highest BCUT2D eigenvalue weighted by atomic mass is 16.4. The maximum Gasteiger partial charge on any atom is 0.147 e. The summed E-state index contributed by atoms with van der Waals surface area (Å²) in [6.45, 7) is 4.08. The molecule has 0 bridgehead atoms. The molecule has 0 spiro atoms. The Kier molecular flexibility index (Phi) is 6.05. The molecule has 1 saturated carbocycles. The second-order valence-corrected chi connectivity index (χ2v) is 6.17. The van der Waals surface area contributed by atoms with Crippen LogP contribution in [0.3, 0.4) is 0 Å². The average molecular weight is 289 g/mol. The van der Waals surface area contributed by atoms with Gasteiger partial charge < -0.3 is 16.3 Å². The van der Waals surface area contributed by atoms with E-state index in [4.69, 9.17) is 10.9 Å². The van der Waals surface area contributed by atoms with Crippen molar-refractivity contribution in [2.45, 2.75) is 38.5 Å². The molecule has 1 aliphatic carbocycles. The first-order valence-corrected chi connectivity index (χ1v) is 7.95. The average Bonchev–Trinajstić information content (AvgIpc) is 2.53. The zero-order chi connectivity index (χ0) is 15.1. The van der Waals surface area contributed by atoms with Crippen molar-refractivity contribution < 1.29 is 5.21 Å². The van der Waals surface area contributed by atoms with Gasteiger partial charge in [-0.25, -0.2) is 0 Å². The number of amidine groups is 1. The highest BCUT2D eigenvalue weighted by Crippen LogP contribution is 2.29. The molecule has 116 valence electrons. The van der Waals surface area contributed by atoms with Gasteiger partial charge >= 0.3 is 0 Å². The largest absolute Gasteiger partial charge is 0.409 e. The molecule has 0 heterocycles. The molecule has 1 fully saturated rings. The van der Waals surface area contributed by atoms with E-state index in [2.05, 4.69) is 17.4 Å². The number of hydrogen-bond donors (Lipinski definition) is 3. The van der Waals surface area contributed by atoms with E-state index < -0.39 is 0 Å². The van der Waals surface area contributed by atoms with Crippen molar-refractivity contribution in [3.8, 4) is 0 Å². The van der Waals surface area contributed by atoms with Crippen LogP contribution in [0.4, 0.5) is 0 Å². The summed E-state index contributed by atoms with van der Waals surface area (Å²) in [5.74, 6) is 1.74. The molecule has 1 aromatic rings. The Hall–Kier alpha value is -1.55. The van der Waals surface area contributed by atoms with Gasteiger partial charge in [-0.05, 0) is 30.4 Å². The van der Waals surface area contributed by atoms with Crippen LogP contribution in [0.15, 0.2) is 35.5 Å². The molecule has 4 nitrogen and oxygen atoms in total. The fraction of sp³-hybridized carbons (Fsp3) is 0.588. The van der Waals surface area contributed by atoms with Gasteiger partial charge in [-0.2, -0.15) is 0 Å². The summed E-state index contributed by atoms with van der Waals surface area (Å²) in [7, 11) is 0. The lowest BCUT2D eigenvalue weighted by Gasteiger charge is -2.29. The van der Waals surface area contributed by atoms with E-state index in [-0.39, 0.29) is 11.8 Å². The van der Waals surface area contributed by atoms with E-state index in [1.54, 1.807) is 0 Å². The van der Waals surface area contributed by atoms with Crippen LogP contribution in [-0.4, -0.2) is 24.1 Å². The van der Waals surface area contributed by atoms with E-state index >= 15 is 0 Å². The Morgan fingerprint density at radius 1 is 1.33 bits per heavy atom. The second kappa shape index (κ2) is 8.03. The van der Waals surface area contributed by atoms with Crippen LogP contribution in [0.1, 0.15) is 44.1 Å². The van der Waals surface area contributed by atoms with Crippen molar-refractivity contribution in [2.75, 3.05) is 13.1 Å². The van der Waals surface area contributed by atoms with E-state index in [9.17, 15) is 0 Å². The number of nitrogens with two attached hydrogens (primary N) is 1. The zero-order valence-electron chi connectivity index (χ0n) is 12.8.